The SMILES string of the molecule is O=C1Cc2cnc(Nc3ccc(C(=O)NCCCCN4CCCC4)cc3)nc2-c2ccccc2N1. The third kappa shape index (κ3) is 5.66. The third-order valence-corrected chi connectivity index (χ3v) is 6.46. The van der Waals surface area contributed by atoms with Crippen LogP contribution in [-0.2, 0) is 11.2 Å². The monoisotopic (exact) mass is 470 g/mol. The maximum atomic E-state index is 12.5. The molecule has 180 valence electrons. The summed E-state index contributed by atoms with van der Waals surface area (Å²) in [5.74, 6) is 0.289. The maximum absolute atomic E-state index is 12.5. The summed E-state index contributed by atoms with van der Waals surface area (Å²) in [5.41, 5.74) is 4.53. The van der Waals surface area contributed by atoms with E-state index in [0.717, 1.165) is 47.6 Å². The molecule has 2 amide bonds. The first kappa shape index (κ1) is 23.0. The van der Waals surface area contributed by atoms with E-state index in [1.807, 2.05) is 36.4 Å². The number of benzene rings is 2. The lowest BCUT2D eigenvalue weighted by Crippen LogP contribution is -2.26. The Kier molecular flexibility index (Phi) is 6.99. The van der Waals surface area contributed by atoms with Crippen molar-refractivity contribution in [2.75, 3.05) is 36.8 Å². The number of amides is 2. The minimum absolute atomic E-state index is 0.0622. The average Bonchev–Trinajstić information content (AvgIpc) is 3.34. The quantitative estimate of drug-likeness (QED) is 0.431. The van der Waals surface area contributed by atoms with Gasteiger partial charge in [0.2, 0.25) is 11.9 Å². The van der Waals surface area contributed by atoms with Crippen LogP contribution in [0, 0.1) is 0 Å². The van der Waals surface area contributed by atoms with Crippen LogP contribution in [0.4, 0.5) is 17.3 Å². The molecule has 0 unspecified atom stereocenters. The number of rotatable bonds is 8. The molecule has 2 aliphatic heterocycles. The topological polar surface area (TPSA) is 99.2 Å². The highest BCUT2D eigenvalue weighted by Crippen LogP contribution is 2.32. The number of carbonyl (C=O) groups excluding carboxylic acids is 2. The van der Waals surface area contributed by atoms with E-state index in [4.69, 9.17) is 4.98 Å². The molecule has 2 aliphatic rings. The number of carbonyl (C=O) groups is 2. The first-order valence-electron chi connectivity index (χ1n) is 12.3. The van der Waals surface area contributed by atoms with E-state index < -0.39 is 0 Å². The molecule has 0 spiro atoms. The van der Waals surface area contributed by atoms with Crippen LogP contribution in [0.25, 0.3) is 11.3 Å². The number of fused-ring (bicyclic) bond motifs is 3. The van der Waals surface area contributed by atoms with Gasteiger partial charge >= 0.3 is 0 Å². The smallest absolute Gasteiger partial charge is 0.251 e. The number of nitrogens with one attached hydrogen (secondary N) is 3. The van der Waals surface area contributed by atoms with Gasteiger partial charge in [-0.25, -0.2) is 9.97 Å². The van der Waals surface area contributed by atoms with Gasteiger partial charge in [-0.1, -0.05) is 18.2 Å². The molecule has 0 radical (unpaired) electrons. The molecule has 0 bridgehead atoms. The van der Waals surface area contributed by atoms with Crippen LogP contribution >= 0.6 is 0 Å². The summed E-state index contributed by atoms with van der Waals surface area (Å²) in [6, 6.07) is 14.9. The molecule has 35 heavy (non-hydrogen) atoms. The average molecular weight is 471 g/mol. The molecule has 1 fully saturated rings. The number of nitrogens with zero attached hydrogens (tertiary/aromatic N) is 3. The summed E-state index contributed by atoms with van der Waals surface area (Å²) >= 11 is 0. The molecule has 3 heterocycles. The van der Waals surface area contributed by atoms with Crippen LogP contribution in [0.2, 0.25) is 0 Å². The number of hydrogen-bond acceptors (Lipinski definition) is 6. The van der Waals surface area contributed by atoms with Crippen molar-refractivity contribution in [1.29, 1.82) is 0 Å². The summed E-state index contributed by atoms with van der Waals surface area (Å²) in [4.78, 5) is 36.3. The number of anilines is 3. The van der Waals surface area contributed by atoms with Crippen molar-refractivity contribution >= 4 is 29.1 Å². The van der Waals surface area contributed by atoms with E-state index in [-0.39, 0.29) is 18.2 Å². The Labute approximate surface area is 205 Å². The second-order valence-corrected chi connectivity index (χ2v) is 9.05. The van der Waals surface area contributed by atoms with Crippen molar-refractivity contribution in [2.45, 2.75) is 32.1 Å². The molecule has 0 saturated carbocycles. The Morgan fingerprint density at radius 3 is 2.66 bits per heavy atom. The Hall–Kier alpha value is -3.78. The van der Waals surface area contributed by atoms with Crippen LogP contribution in [0.3, 0.4) is 0 Å². The normalized spacial score (nSPS) is 15.0. The van der Waals surface area contributed by atoms with Crippen molar-refractivity contribution in [3.05, 3.63) is 65.9 Å². The first-order chi connectivity index (χ1) is 17.2. The summed E-state index contributed by atoms with van der Waals surface area (Å²) in [5, 5.41) is 9.14. The van der Waals surface area contributed by atoms with Crippen LogP contribution in [0.5, 0.6) is 0 Å². The lowest BCUT2D eigenvalue weighted by Gasteiger charge is -2.14. The highest BCUT2D eigenvalue weighted by molar-refractivity contribution is 6.00. The summed E-state index contributed by atoms with van der Waals surface area (Å²) < 4.78 is 0. The Morgan fingerprint density at radius 2 is 1.83 bits per heavy atom. The van der Waals surface area contributed by atoms with E-state index >= 15 is 0 Å². The zero-order valence-electron chi connectivity index (χ0n) is 19.7. The van der Waals surface area contributed by atoms with E-state index in [2.05, 4.69) is 25.8 Å². The van der Waals surface area contributed by atoms with Crippen molar-refractivity contribution in [3.63, 3.8) is 0 Å². The molecular formula is C27H30N6O2. The number of para-hydroxylation sites is 1. The molecule has 5 rings (SSSR count). The van der Waals surface area contributed by atoms with Crippen molar-refractivity contribution in [2.24, 2.45) is 0 Å². The first-order valence-corrected chi connectivity index (χ1v) is 12.3. The second-order valence-electron chi connectivity index (χ2n) is 9.05. The lowest BCUT2D eigenvalue weighted by molar-refractivity contribution is -0.115. The predicted octanol–water partition coefficient (Wildman–Crippen LogP) is 3.99. The van der Waals surface area contributed by atoms with Gasteiger partial charge in [-0.3, -0.25) is 9.59 Å². The predicted molar refractivity (Wildman–Crippen MR) is 137 cm³/mol. The van der Waals surface area contributed by atoms with Gasteiger partial charge in [-0.05, 0) is 75.6 Å². The molecule has 0 aliphatic carbocycles. The zero-order chi connectivity index (χ0) is 24.0. The number of aromatic nitrogens is 2. The molecule has 0 atom stereocenters. The van der Waals surface area contributed by atoms with Gasteiger partial charge in [-0.2, -0.15) is 0 Å². The van der Waals surface area contributed by atoms with Gasteiger partial charge in [-0.15, -0.1) is 0 Å². The summed E-state index contributed by atoms with van der Waals surface area (Å²) in [6.45, 7) is 4.24. The van der Waals surface area contributed by atoms with Gasteiger partial charge in [0.25, 0.3) is 5.91 Å². The van der Waals surface area contributed by atoms with E-state index in [1.54, 1.807) is 18.3 Å². The number of hydrogen-bond donors (Lipinski definition) is 3. The second kappa shape index (κ2) is 10.7. The third-order valence-electron chi connectivity index (χ3n) is 6.46. The van der Waals surface area contributed by atoms with Crippen molar-refractivity contribution in [3.8, 4) is 11.3 Å². The zero-order valence-corrected chi connectivity index (χ0v) is 19.7. The van der Waals surface area contributed by atoms with Crippen LogP contribution < -0.4 is 16.0 Å². The van der Waals surface area contributed by atoms with Crippen LogP contribution in [-0.4, -0.2) is 52.9 Å². The minimum atomic E-state index is -0.0824. The highest BCUT2D eigenvalue weighted by Gasteiger charge is 2.20. The van der Waals surface area contributed by atoms with Gasteiger partial charge in [0.15, 0.2) is 0 Å². The standard InChI is InChI=1S/C27H30N6O2/c34-24-17-20-18-29-27(32-25(20)22-7-1-2-8-23(22)31-24)30-21-11-9-19(10-12-21)26(35)28-13-3-4-14-33-15-5-6-16-33/h1-2,7-12,18H,3-6,13-17H2,(H,28,35)(H,31,34)(H,29,30,32). The summed E-state index contributed by atoms with van der Waals surface area (Å²) in [6.07, 6.45) is 6.64. The van der Waals surface area contributed by atoms with E-state index in [1.165, 1.54) is 25.9 Å². The molecule has 2 aromatic carbocycles. The van der Waals surface area contributed by atoms with Gasteiger partial charge in [0.1, 0.15) is 0 Å². The molecular weight excluding hydrogens is 440 g/mol. The molecule has 1 saturated heterocycles. The molecule has 3 N–H and O–H groups in total. The van der Waals surface area contributed by atoms with E-state index in [0.29, 0.717) is 18.1 Å². The van der Waals surface area contributed by atoms with Crippen molar-refractivity contribution in [1.82, 2.24) is 20.2 Å². The number of likely N-dealkylation sites (tertiary alicyclic amines) is 1. The maximum Gasteiger partial charge on any atom is 0.251 e. The van der Waals surface area contributed by atoms with Gasteiger partial charge in [0.05, 0.1) is 17.8 Å². The van der Waals surface area contributed by atoms with Crippen LogP contribution in [0.15, 0.2) is 54.7 Å². The van der Waals surface area contributed by atoms with Crippen LogP contribution in [0.1, 0.15) is 41.6 Å². The lowest BCUT2D eigenvalue weighted by atomic mass is 10.1. The molecule has 8 heteroatoms. The Balaban J connectivity index is 1.18. The fourth-order valence-corrected chi connectivity index (χ4v) is 4.60. The largest absolute Gasteiger partial charge is 0.352 e. The Morgan fingerprint density at radius 1 is 1.03 bits per heavy atom. The molecule has 3 aromatic rings. The molecule has 8 nitrogen and oxygen atoms in total. The minimum Gasteiger partial charge on any atom is -0.352 e. The Bertz CT molecular complexity index is 1200. The molecule has 1 aromatic heterocycles. The fourth-order valence-electron chi connectivity index (χ4n) is 4.60. The van der Waals surface area contributed by atoms with E-state index in [9.17, 15) is 9.59 Å². The fraction of sp³-hybridized carbons (Fsp3) is 0.333. The summed E-state index contributed by atoms with van der Waals surface area (Å²) in [7, 11) is 0. The van der Waals surface area contributed by atoms with Crippen molar-refractivity contribution < 1.29 is 9.59 Å². The highest BCUT2D eigenvalue weighted by atomic mass is 16.2. The number of unbranched alkanes of at least 4 members (excludes halogenated alkanes) is 1. The van der Waals surface area contributed by atoms with Gasteiger partial charge in [0, 0.05) is 35.1 Å². The van der Waals surface area contributed by atoms with Gasteiger partial charge < -0.3 is 20.9 Å².